The molecule has 0 aliphatic carbocycles. The fourth-order valence-corrected chi connectivity index (χ4v) is 2.62. The molecule has 1 aliphatic heterocycles. The van der Waals surface area contributed by atoms with E-state index >= 15 is 0 Å². The molecule has 0 spiro atoms. The predicted molar refractivity (Wildman–Crippen MR) is 96.0 cm³/mol. The van der Waals surface area contributed by atoms with E-state index in [9.17, 15) is 0 Å². The lowest BCUT2D eigenvalue weighted by Gasteiger charge is -2.13. The fourth-order valence-electron chi connectivity index (χ4n) is 2.19. The van der Waals surface area contributed by atoms with Gasteiger partial charge < -0.3 is 10.1 Å². The Morgan fingerprint density at radius 3 is 2.86 bits per heavy atom. The van der Waals surface area contributed by atoms with Crippen molar-refractivity contribution in [1.82, 2.24) is 10.7 Å². The lowest BCUT2D eigenvalue weighted by molar-refractivity contribution is 0.114. The van der Waals surface area contributed by atoms with Crippen LogP contribution in [0.2, 0.25) is 10.0 Å². The SMILES string of the molecule is CC/C(=N/NC(=S)NC[C@@H]1CCCO1)c1ccc(Cl)c(Cl)c1. The summed E-state index contributed by atoms with van der Waals surface area (Å²) >= 11 is 17.2. The van der Waals surface area contributed by atoms with E-state index in [1.807, 2.05) is 13.0 Å². The molecule has 0 unspecified atom stereocenters. The molecule has 1 aliphatic rings. The van der Waals surface area contributed by atoms with Crippen molar-refractivity contribution in [3.05, 3.63) is 33.8 Å². The summed E-state index contributed by atoms with van der Waals surface area (Å²) in [5, 5.41) is 9.00. The number of nitrogens with one attached hydrogen (secondary N) is 2. The van der Waals surface area contributed by atoms with Gasteiger partial charge in [0, 0.05) is 13.2 Å². The lowest BCUT2D eigenvalue weighted by Crippen LogP contribution is -2.37. The Balaban J connectivity index is 1.90. The second kappa shape index (κ2) is 8.67. The number of benzene rings is 1. The fraction of sp³-hybridized carbons (Fsp3) is 0.467. The van der Waals surface area contributed by atoms with Crippen LogP contribution in [0.25, 0.3) is 0 Å². The van der Waals surface area contributed by atoms with Gasteiger partial charge in [-0.1, -0.05) is 36.2 Å². The predicted octanol–water partition coefficient (Wildman–Crippen LogP) is 3.75. The van der Waals surface area contributed by atoms with Crippen LogP contribution in [-0.2, 0) is 4.74 Å². The second-order valence-corrected chi connectivity index (χ2v) is 6.22. The van der Waals surface area contributed by atoms with Gasteiger partial charge in [0.05, 0.1) is 21.9 Å². The van der Waals surface area contributed by atoms with Crippen molar-refractivity contribution in [2.45, 2.75) is 32.3 Å². The zero-order valence-electron chi connectivity index (χ0n) is 12.4. The lowest BCUT2D eigenvalue weighted by atomic mass is 10.1. The largest absolute Gasteiger partial charge is 0.376 e. The molecule has 0 saturated carbocycles. The second-order valence-electron chi connectivity index (χ2n) is 5.00. The average Bonchev–Trinajstić information content (AvgIpc) is 3.02. The molecule has 0 radical (unpaired) electrons. The Kier molecular flexibility index (Phi) is 6.89. The van der Waals surface area contributed by atoms with Crippen LogP contribution in [0.15, 0.2) is 23.3 Å². The Morgan fingerprint density at radius 2 is 2.23 bits per heavy atom. The van der Waals surface area contributed by atoms with Gasteiger partial charge in [-0.25, -0.2) is 0 Å². The van der Waals surface area contributed by atoms with E-state index in [0.717, 1.165) is 37.1 Å². The van der Waals surface area contributed by atoms with E-state index in [2.05, 4.69) is 15.8 Å². The van der Waals surface area contributed by atoms with Gasteiger partial charge in [-0.15, -0.1) is 0 Å². The highest BCUT2D eigenvalue weighted by molar-refractivity contribution is 7.80. The van der Waals surface area contributed by atoms with Crippen LogP contribution < -0.4 is 10.7 Å². The Hall–Kier alpha value is -0.880. The van der Waals surface area contributed by atoms with E-state index in [4.69, 9.17) is 40.2 Å². The van der Waals surface area contributed by atoms with Crippen molar-refractivity contribution >= 4 is 46.2 Å². The Labute approximate surface area is 146 Å². The molecular weight excluding hydrogens is 341 g/mol. The van der Waals surface area contributed by atoms with E-state index in [0.29, 0.717) is 21.7 Å². The number of hydrogen-bond donors (Lipinski definition) is 2. The first-order valence-corrected chi connectivity index (χ1v) is 8.44. The van der Waals surface area contributed by atoms with Crippen molar-refractivity contribution in [1.29, 1.82) is 0 Å². The maximum atomic E-state index is 6.04. The quantitative estimate of drug-likeness (QED) is 0.477. The van der Waals surface area contributed by atoms with Gasteiger partial charge in [-0.05, 0) is 49.2 Å². The monoisotopic (exact) mass is 359 g/mol. The number of hydrogen-bond acceptors (Lipinski definition) is 3. The summed E-state index contributed by atoms with van der Waals surface area (Å²) in [5.74, 6) is 0. The highest BCUT2D eigenvalue weighted by Crippen LogP contribution is 2.23. The molecule has 1 atom stereocenters. The summed E-state index contributed by atoms with van der Waals surface area (Å²) in [6.07, 6.45) is 3.17. The highest BCUT2D eigenvalue weighted by atomic mass is 35.5. The zero-order chi connectivity index (χ0) is 15.9. The van der Waals surface area contributed by atoms with E-state index in [1.54, 1.807) is 12.1 Å². The van der Waals surface area contributed by atoms with E-state index in [1.165, 1.54) is 0 Å². The molecule has 120 valence electrons. The number of thiocarbonyl (C=S) groups is 1. The third-order valence-corrected chi connectivity index (χ3v) is 4.37. The summed E-state index contributed by atoms with van der Waals surface area (Å²) in [6.45, 7) is 3.56. The van der Waals surface area contributed by atoms with E-state index in [-0.39, 0.29) is 6.10 Å². The minimum atomic E-state index is 0.240. The molecule has 2 rings (SSSR count). The van der Waals surface area contributed by atoms with Crippen molar-refractivity contribution < 1.29 is 4.74 Å². The summed E-state index contributed by atoms with van der Waals surface area (Å²) in [7, 11) is 0. The van der Waals surface area contributed by atoms with Gasteiger partial charge in [0.2, 0.25) is 0 Å². The number of halogens is 2. The molecule has 7 heteroatoms. The summed E-state index contributed by atoms with van der Waals surface area (Å²) in [6, 6.07) is 5.45. The minimum absolute atomic E-state index is 0.240. The van der Waals surface area contributed by atoms with Crippen LogP contribution in [0.1, 0.15) is 31.7 Å². The standard InChI is InChI=1S/C15H19Cl2N3OS/c1-2-14(10-5-6-12(16)13(17)8-10)19-20-15(22)18-9-11-4-3-7-21-11/h5-6,8,11H,2-4,7,9H2,1H3,(H2,18,20,22)/b19-14-/t11-/m0/s1. The summed E-state index contributed by atoms with van der Waals surface area (Å²) in [4.78, 5) is 0. The summed E-state index contributed by atoms with van der Waals surface area (Å²) in [5.41, 5.74) is 4.65. The molecule has 0 aromatic heterocycles. The first-order valence-electron chi connectivity index (χ1n) is 7.27. The maximum absolute atomic E-state index is 6.04. The average molecular weight is 360 g/mol. The maximum Gasteiger partial charge on any atom is 0.187 e. The molecule has 1 aromatic carbocycles. The van der Waals surface area contributed by atoms with Gasteiger partial charge in [0.15, 0.2) is 5.11 Å². The molecular formula is C15H19Cl2N3OS. The number of rotatable bonds is 5. The first kappa shape index (κ1) is 17.5. The molecule has 4 nitrogen and oxygen atoms in total. The molecule has 0 amide bonds. The van der Waals surface area contributed by atoms with Crippen LogP contribution in [0.5, 0.6) is 0 Å². The highest BCUT2D eigenvalue weighted by Gasteiger charge is 2.15. The van der Waals surface area contributed by atoms with Gasteiger partial charge in [0.1, 0.15) is 0 Å². The topological polar surface area (TPSA) is 45.7 Å². The Morgan fingerprint density at radius 1 is 1.41 bits per heavy atom. The third-order valence-electron chi connectivity index (χ3n) is 3.39. The molecule has 0 bridgehead atoms. The number of nitrogens with zero attached hydrogens (tertiary/aromatic N) is 1. The zero-order valence-corrected chi connectivity index (χ0v) is 14.7. The number of hydrazone groups is 1. The van der Waals surface area contributed by atoms with Crippen LogP contribution in [0.3, 0.4) is 0 Å². The normalized spacial score (nSPS) is 18.3. The van der Waals surface area contributed by atoms with Crippen LogP contribution >= 0.6 is 35.4 Å². The molecule has 1 heterocycles. The van der Waals surface area contributed by atoms with Crippen LogP contribution in [-0.4, -0.2) is 30.1 Å². The summed E-state index contributed by atoms with van der Waals surface area (Å²) < 4.78 is 5.53. The molecule has 2 N–H and O–H groups in total. The smallest absolute Gasteiger partial charge is 0.187 e. The van der Waals surface area contributed by atoms with Crippen molar-refractivity contribution in [3.63, 3.8) is 0 Å². The van der Waals surface area contributed by atoms with Crippen LogP contribution in [0, 0.1) is 0 Å². The first-order chi connectivity index (χ1) is 10.6. The van der Waals surface area contributed by atoms with Gasteiger partial charge in [0.25, 0.3) is 0 Å². The molecule has 1 aromatic rings. The van der Waals surface area contributed by atoms with E-state index < -0.39 is 0 Å². The van der Waals surface area contributed by atoms with Crippen LogP contribution in [0.4, 0.5) is 0 Å². The van der Waals surface area contributed by atoms with Gasteiger partial charge in [-0.2, -0.15) is 5.10 Å². The van der Waals surface area contributed by atoms with Gasteiger partial charge >= 0.3 is 0 Å². The molecule has 1 saturated heterocycles. The van der Waals surface area contributed by atoms with Crippen molar-refractivity contribution in [2.24, 2.45) is 5.10 Å². The third kappa shape index (κ3) is 5.09. The molecule has 22 heavy (non-hydrogen) atoms. The molecule has 1 fully saturated rings. The Bertz CT molecular complexity index is 560. The minimum Gasteiger partial charge on any atom is -0.376 e. The van der Waals surface area contributed by atoms with Gasteiger partial charge in [-0.3, -0.25) is 5.43 Å². The van der Waals surface area contributed by atoms with Crippen molar-refractivity contribution in [2.75, 3.05) is 13.2 Å². The number of ether oxygens (including phenoxy) is 1. The van der Waals surface area contributed by atoms with Crippen molar-refractivity contribution in [3.8, 4) is 0 Å².